The third kappa shape index (κ3) is 2.68. The lowest BCUT2D eigenvalue weighted by molar-refractivity contribution is -0.0256. The second-order valence-electron chi connectivity index (χ2n) is 4.98. The van der Waals surface area contributed by atoms with Crippen molar-refractivity contribution >= 4 is 0 Å². The van der Waals surface area contributed by atoms with E-state index in [-0.39, 0.29) is 0 Å². The quantitative estimate of drug-likeness (QED) is 0.827. The van der Waals surface area contributed by atoms with Crippen LogP contribution >= 0.6 is 0 Å². The van der Waals surface area contributed by atoms with Crippen LogP contribution in [0.3, 0.4) is 0 Å². The van der Waals surface area contributed by atoms with Gasteiger partial charge in [0.05, 0.1) is 5.60 Å². The Balaban J connectivity index is 2.10. The molecule has 0 unspecified atom stereocenters. The third-order valence-electron chi connectivity index (χ3n) is 3.77. The molecular weight excluding hydrogens is 212 g/mol. The fraction of sp³-hybridized carbons (Fsp3) is 0.571. The molecule has 0 aromatic heterocycles. The highest BCUT2D eigenvalue weighted by Crippen LogP contribution is 2.34. The van der Waals surface area contributed by atoms with Crippen molar-refractivity contribution in [3.63, 3.8) is 0 Å². The van der Waals surface area contributed by atoms with E-state index in [2.05, 4.69) is 17.9 Å². The Kier molecular flexibility index (Phi) is 3.82. The first-order valence-electron chi connectivity index (χ1n) is 6.36. The Labute approximate surface area is 103 Å². The van der Waals surface area contributed by atoms with Gasteiger partial charge in [-0.3, -0.25) is 0 Å². The molecule has 0 amide bonds. The summed E-state index contributed by atoms with van der Waals surface area (Å²) in [6, 6.07) is 8.14. The first kappa shape index (κ1) is 12.6. The van der Waals surface area contributed by atoms with Gasteiger partial charge in [-0.15, -0.1) is 0 Å². The molecule has 94 valence electrons. The molecule has 1 fully saturated rings. The molecule has 1 aromatic rings. The van der Waals surface area contributed by atoms with Crippen molar-refractivity contribution in [3.05, 3.63) is 35.4 Å². The van der Waals surface area contributed by atoms with Crippen molar-refractivity contribution < 1.29 is 5.11 Å². The van der Waals surface area contributed by atoms with Crippen molar-refractivity contribution in [2.45, 2.75) is 25.4 Å². The molecule has 1 aromatic carbocycles. The van der Waals surface area contributed by atoms with Gasteiger partial charge < -0.3 is 15.7 Å². The van der Waals surface area contributed by atoms with E-state index in [1.165, 1.54) is 5.56 Å². The Morgan fingerprint density at radius 3 is 2.53 bits per heavy atom. The minimum atomic E-state index is -0.642. The first-order chi connectivity index (χ1) is 8.15. The van der Waals surface area contributed by atoms with Gasteiger partial charge in [0.1, 0.15) is 0 Å². The number of benzene rings is 1. The largest absolute Gasteiger partial charge is 0.385 e. The van der Waals surface area contributed by atoms with Gasteiger partial charge in [-0.05, 0) is 30.9 Å². The summed E-state index contributed by atoms with van der Waals surface area (Å²) in [4.78, 5) is 2.33. The van der Waals surface area contributed by atoms with Gasteiger partial charge in [-0.2, -0.15) is 0 Å². The Morgan fingerprint density at radius 1 is 1.29 bits per heavy atom. The lowest BCUT2D eigenvalue weighted by Gasteiger charge is -2.39. The van der Waals surface area contributed by atoms with Gasteiger partial charge in [0, 0.05) is 26.2 Å². The van der Waals surface area contributed by atoms with Crippen LogP contribution in [0.25, 0.3) is 0 Å². The predicted molar refractivity (Wildman–Crippen MR) is 69.8 cm³/mol. The number of nitrogens with zero attached hydrogens (tertiary/aromatic N) is 1. The summed E-state index contributed by atoms with van der Waals surface area (Å²) < 4.78 is 0. The minimum absolute atomic E-state index is 0.642. The van der Waals surface area contributed by atoms with Gasteiger partial charge in [0.25, 0.3) is 0 Å². The summed E-state index contributed by atoms with van der Waals surface area (Å²) in [5.41, 5.74) is 7.19. The molecule has 3 heteroatoms. The molecule has 3 N–H and O–H groups in total. The molecule has 2 rings (SSSR count). The van der Waals surface area contributed by atoms with Crippen LogP contribution in [-0.2, 0) is 5.60 Å². The summed E-state index contributed by atoms with van der Waals surface area (Å²) >= 11 is 0. The maximum Gasteiger partial charge on any atom is 0.0923 e. The first-order valence-corrected chi connectivity index (χ1v) is 6.36. The van der Waals surface area contributed by atoms with Crippen LogP contribution in [0.4, 0.5) is 0 Å². The average molecular weight is 234 g/mol. The molecule has 3 nitrogen and oxygen atoms in total. The van der Waals surface area contributed by atoms with Crippen LogP contribution in [0.2, 0.25) is 0 Å². The number of hydrogen-bond donors (Lipinski definition) is 2. The predicted octanol–water partition coefficient (Wildman–Crippen LogP) is 1.24. The van der Waals surface area contributed by atoms with E-state index < -0.39 is 5.60 Å². The number of likely N-dealkylation sites (tertiary alicyclic amines) is 1. The highest BCUT2D eigenvalue weighted by atomic mass is 16.3. The zero-order valence-corrected chi connectivity index (χ0v) is 10.5. The van der Waals surface area contributed by atoms with Crippen LogP contribution in [0.5, 0.6) is 0 Å². The maximum atomic E-state index is 10.8. The second-order valence-corrected chi connectivity index (χ2v) is 4.98. The van der Waals surface area contributed by atoms with Crippen LogP contribution in [0, 0.1) is 6.92 Å². The monoisotopic (exact) mass is 234 g/mol. The van der Waals surface area contributed by atoms with Gasteiger partial charge in [0.2, 0.25) is 0 Å². The molecular formula is C14H22N2O. The number of piperidine rings is 1. The number of rotatable bonds is 3. The highest BCUT2D eigenvalue weighted by molar-refractivity contribution is 5.31. The highest BCUT2D eigenvalue weighted by Gasteiger charge is 2.34. The second kappa shape index (κ2) is 5.17. The Bertz CT molecular complexity index is 370. The topological polar surface area (TPSA) is 49.5 Å². The van der Waals surface area contributed by atoms with Gasteiger partial charge >= 0.3 is 0 Å². The van der Waals surface area contributed by atoms with Crippen molar-refractivity contribution in [2.75, 3.05) is 26.2 Å². The smallest absolute Gasteiger partial charge is 0.0923 e. The molecule has 0 saturated carbocycles. The van der Waals surface area contributed by atoms with Crippen LogP contribution in [0.15, 0.2) is 24.3 Å². The fourth-order valence-electron chi connectivity index (χ4n) is 2.69. The van der Waals surface area contributed by atoms with Gasteiger partial charge in [0.15, 0.2) is 0 Å². The fourth-order valence-corrected chi connectivity index (χ4v) is 2.69. The molecule has 0 atom stereocenters. The molecule has 17 heavy (non-hydrogen) atoms. The SMILES string of the molecule is Cc1ccccc1C1(O)CCN(CCN)CC1. The molecule has 0 bridgehead atoms. The van der Waals surface area contributed by atoms with E-state index in [1.807, 2.05) is 18.2 Å². The van der Waals surface area contributed by atoms with Crippen molar-refractivity contribution in [1.29, 1.82) is 0 Å². The molecule has 1 aliphatic heterocycles. The van der Waals surface area contributed by atoms with Crippen LogP contribution in [0.1, 0.15) is 24.0 Å². The van der Waals surface area contributed by atoms with Crippen LogP contribution in [-0.4, -0.2) is 36.2 Å². The van der Waals surface area contributed by atoms with E-state index in [0.717, 1.165) is 38.0 Å². The zero-order chi connectivity index (χ0) is 12.3. The minimum Gasteiger partial charge on any atom is -0.385 e. The molecule has 0 spiro atoms. The molecule has 1 saturated heterocycles. The van der Waals surface area contributed by atoms with Gasteiger partial charge in [-0.1, -0.05) is 24.3 Å². The summed E-state index contributed by atoms with van der Waals surface area (Å²) in [6.45, 7) is 5.57. The summed E-state index contributed by atoms with van der Waals surface area (Å²) in [5.74, 6) is 0. The number of hydrogen-bond acceptors (Lipinski definition) is 3. The Morgan fingerprint density at radius 2 is 1.94 bits per heavy atom. The van der Waals surface area contributed by atoms with E-state index >= 15 is 0 Å². The summed E-state index contributed by atoms with van der Waals surface area (Å²) in [6.07, 6.45) is 1.61. The third-order valence-corrected chi connectivity index (χ3v) is 3.77. The van der Waals surface area contributed by atoms with E-state index in [4.69, 9.17) is 5.73 Å². The van der Waals surface area contributed by atoms with Gasteiger partial charge in [-0.25, -0.2) is 0 Å². The van der Waals surface area contributed by atoms with Crippen molar-refractivity contribution in [3.8, 4) is 0 Å². The lowest BCUT2D eigenvalue weighted by atomic mass is 9.82. The number of aliphatic hydroxyl groups is 1. The molecule has 1 aliphatic rings. The summed E-state index contributed by atoms with van der Waals surface area (Å²) in [7, 11) is 0. The normalized spacial score (nSPS) is 20.4. The molecule has 1 heterocycles. The Hall–Kier alpha value is -0.900. The van der Waals surface area contributed by atoms with Crippen molar-refractivity contribution in [1.82, 2.24) is 4.90 Å². The molecule has 0 radical (unpaired) electrons. The zero-order valence-electron chi connectivity index (χ0n) is 10.5. The van der Waals surface area contributed by atoms with Crippen molar-refractivity contribution in [2.24, 2.45) is 5.73 Å². The van der Waals surface area contributed by atoms with Crippen LogP contribution < -0.4 is 5.73 Å². The lowest BCUT2D eigenvalue weighted by Crippen LogP contribution is -2.44. The van der Waals surface area contributed by atoms with E-state index in [1.54, 1.807) is 0 Å². The van der Waals surface area contributed by atoms with E-state index in [9.17, 15) is 5.11 Å². The summed E-state index contributed by atoms with van der Waals surface area (Å²) in [5, 5.41) is 10.8. The standard InChI is InChI=1S/C14H22N2O/c1-12-4-2-3-5-13(12)14(17)6-9-16(10-7-14)11-8-15/h2-5,17H,6-11,15H2,1H3. The molecule has 0 aliphatic carbocycles. The number of aryl methyl sites for hydroxylation is 1. The average Bonchev–Trinajstić information content (AvgIpc) is 2.33. The van der Waals surface area contributed by atoms with E-state index in [0.29, 0.717) is 6.54 Å². The number of nitrogens with two attached hydrogens (primary N) is 1. The maximum absolute atomic E-state index is 10.8.